The molecular weight excluding hydrogens is 260 g/mol. The van der Waals surface area contributed by atoms with Crippen molar-refractivity contribution in [3.8, 4) is 0 Å². The van der Waals surface area contributed by atoms with Gasteiger partial charge in [0.25, 0.3) is 0 Å². The number of aryl methyl sites for hydroxylation is 1. The molecule has 1 nitrogen and oxygen atoms in total. The van der Waals surface area contributed by atoms with Crippen molar-refractivity contribution in [2.75, 3.05) is 5.75 Å². The molecule has 0 radical (unpaired) electrons. The van der Waals surface area contributed by atoms with Gasteiger partial charge in [0, 0.05) is 17.1 Å². The maximum Gasteiger partial charge on any atom is 0.172 e. The zero-order valence-corrected chi connectivity index (χ0v) is 12.4. The van der Waals surface area contributed by atoms with Gasteiger partial charge in [-0.15, -0.1) is 11.3 Å². The number of carbonyl (C=O) groups is 1. The number of thiophene rings is 1. The highest BCUT2D eigenvalue weighted by Crippen LogP contribution is 2.33. The zero-order valence-electron chi connectivity index (χ0n) is 10.7. The van der Waals surface area contributed by atoms with Gasteiger partial charge in [-0.1, -0.05) is 25.7 Å². The Morgan fingerprint density at radius 2 is 2.17 bits per heavy atom. The monoisotopic (exact) mass is 280 g/mol. The van der Waals surface area contributed by atoms with Crippen molar-refractivity contribution in [3.63, 3.8) is 0 Å². The Kier molecular flexibility index (Phi) is 4.10. The molecule has 0 amide bonds. The Labute approximate surface area is 117 Å². The van der Waals surface area contributed by atoms with Crippen LogP contribution in [0.25, 0.3) is 0 Å². The van der Waals surface area contributed by atoms with Gasteiger partial charge in [0.2, 0.25) is 0 Å². The van der Waals surface area contributed by atoms with Crippen LogP contribution in [0.5, 0.6) is 0 Å². The lowest BCUT2D eigenvalue weighted by atomic mass is 10.00. The minimum Gasteiger partial charge on any atom is -0.293 e. The summed E-state index contributed by atoms with van der Waals surface area (Å²) in [4.78, 5) is 14.7. The van der Waals surface area contributed by atoms with E-state index in [1.54, 1.807) is 11.3 Å². The van der Waals surface area contributed by atoms with Gasteiger partial charge in [-0.05, 0) is 36.1 Å². The zero-order chi connectivity index (χ0) is 12.4. The van der Waals surface area contributed by atoms with Gasteiger partial charge in [0.05, 0.1) is 4.88 Å². The van der Waals surface area contributed by atoms with E-state index in [0.717, 1.165) is 29.4 Å². The van der Waals surface area contributed by atoms with Gasteiger partial charge in [-0.2, -0.15) is 11.8 Å². The summed E-state index contributed by atoms with van der Waals surface area (Å²) in [5.74, 6) is 3.57. The second kappa shape index (κ2) is 5.79. The second-order valence-electron chi connectivity index (χ2n) is 5.47. The lowest BCUT2D eigenvalue weighted by Gasteiger charge is -2.08. The molecule has 1 fully saturated rings. The lowest BCUT2D eigenvalue weighted by Crippen LogP contribution is -2.01. The van der Waals surface area contributed by atoms with Gasteiger partial charge >= 0.3 is 0 Å². The summed E-state index contributed by atoms with van der Waals surface area (Å²) in [5, 5.41) is 0. The number of hydrogen-bond donors (Lipinski definition) is 0. The molecule has 0 aromatic carbocycles. The van der Waals surface area contributed by atoms with Crippen LogP contribution >= 0.6 is 23.1 Å². The maximum atomic E-state index is 12.2. The summed E-state index contributed by atoms with van der Waals surface area (Å²) >= 11 is 3.75. The summed E-state index contributed by atoms with van der Waals surface area (Å²) < 4.78 is 0. The van der Waals surface area contributed by atoms with Crippen molar-refractivity contribution in [1.29, 1.82) is 0 Å². The van der Waals surface area contributed by atoms with Gasteiger partial charge in [-0.3, -0.25) is 4.79 Å². The van der Waals surface area contributed by atoms with Crippen LogP contribution in [-0.4, -0.2) is 11.5 Å². The number of Topliss-reactive ketones (excluding diaryl/α,β-unsaturated/α-hetero) is 1. The Morgan fingerprint density at radius 3 is 2.94 bits per heavy atom. The molecule has 0 unspecified atom stereocenters. The van der Waals surface area contributed by atoms with E-state index in [0.29, 0.717) is 5.78 Å². The Morgan fingerprint density at radius 1 is 1.33 bits per heavy atom. The number of carbonyl (C=O) groups excluding carboxylic acids is 1. The van der Waals surface area contributed by atoms with Crippen molar-refractivity contribution < 1.29 is 4.79 Å². The summed E-state index contributed by atoms with van der Waals surface area (Å²) in [6.45, 7) is 0. The van der Waals surface area contributed by atoms with Gasteiger partial charge < -0.3 is 0 Å². The Hall–Kier alpha value is -0.280. The molecule has 98 valence electrons. The van der Waals surface area contributed by atoms with E-state index in [2.05, 4.69) is 6.07 Å². The number of rotatable bonds is 4. The first-order valence-electron chi connectivity index (χ1n) is 7.05. The van der Waals surface area contributed by atoms with E-state index in [1.807, 2.05) is 11.8 Å². The van der Waals surface area contributed by atoms with E-state index in [9.17, 15) is 4.79 Å². The van der Waals surface area contributed by atoms with E-state index >= 15 is 0 Å². The molecule has 1 aromatic heterocycles. The topological polar surface area (TPSA) is 17.1 Å². The minimum atomic E-state index is 0.395. The number of hydrogen-bond acceptors (Lipinski definition) is 3. The molecule has 0 atom stereocenters. The highest BCUT2D eigenvalue weighted by molar-refractivity contribution is 7.98. The van der Waals surface area contributed by atoms with Crippen LogP contribution in [0.1, 0.15) is 58.6 Å². The molecule has 1 aliphatic heterocycles. The summed E-state index contributed by atoms with van der Waals surface area (Å²) in [7, 11) is 0. The first-order valence-corrected chi connectivity index (χ1v) is 9.02. The van der Waals surface area contributed by atoms with E-state index in [-0.39, 0.29) is 0 Å². The number of ketones is 1. The quantitative estimate of drug-likeness (QED) is 0.744. The standard InChI is InChI=1S/C15H20OS2/c16-13(6-5-11-3-1-2-4-11)15-9-12-10-17-8-7-14(12)18-15/h9,11H,1-8,10H2. The molecule has 3 heteroatoms. The fraction of sp³-hybridized carbons (Fsp3) is 0.667. The first kappa shape index (κ1) is 12.7. The maximum absolute atomic E-state index is 12.2. The smallest absolute Gasteiger partial charge is 0.172 e. The summed E-state index contributed by atoms with van der Waals surface area (Å²) in [6.07, 6.45) is 8.52. The summed E-state index contributed by atoms with van der Waals surface area (Å²) in [6, 6.07) is 2.17. The largest absolute Gasteiger partial charge is 0.293 e. The molecule has 2 heterocycles. The predicted molar refractivity (Wildman–Crippen MR) is 79.7 cm³/mol. The van der Waals surface area contributed by atoms with Crippen LogP contribution in [0.15, 0.2) is 6.07 Å². The predicted octanol–water partition coefficient (Wildman–Crippen LogP) is 4.69. The lowest BCUT2D eigenvalue weighted by molar-refractivity contribution is 0.0978. The third-order valence-corrected chi connectivity index (χ3v) is 6.44. The third kappa shape index (κ3) is 2.83. The van der Waals surface area contributed by atoms with Crippen molar-refractivity contribution in [1.82, 2.24) is 0 Å². The SMILES string of the molecule is O=C(CCC1CCCC1)c1cc2c(s1)CCSC2. The highest BCUT2D eigenvalue weighted by atomic mass is 32.2. The highest BCUT2D eigenvalue weighted by Gasteiger charge is 2.20. The number of thioether (sulfide) groups is 1. The van der Waals surface area contributed by atoms with Crippen LogP contribution < -0.4 is 0 Å². The molecule has 18 heavy (non-hydrogen) atoms. The molecule has 1 aromatic rings. The van der Waals surface area contributed by atoms with Crippen LogP contribution in [0, 0.1) is 5.92 Å². The molecule has 1 aliphatic carbocycles. The van der Waals surface area contributed by atoms with Crippen LogP contribution in [0.3, 0.4) is 0 Å². The van der Waals surface area contributed by atoms with Crippen molar-refractivity contribution in [2.45, 2.75) is 50.7 Å². The van der Waals surface area contributed by atoms with Crippen LogP contribution in [0.4, 0.5) is 0 Å². The van der Waals surface area contributed by atoms with Gasteiger partial charge in [0.15, 0.2) is 5.78 Å². The fourth-order valence-electron chi connectivity index (χ4n) is 3.04. The van der Waals surface area contributed by atoms with E-state index in [1.165, 1.54) is 48.3 Å². The molecule has 0 spiro atoms. The molecule has 0 bridgehead atoms. The van der Waals surface area contributed by atoms with Gasteiger partial charge in [0.1, 0.15) is 0 Å². The van der Waals surface area contributed by atoms with Gasteiger partial charge in [-0.25, -0.2) is 0 Å². The van der Waals surface area contributed by atoms with E-state index in [4.69, 9.17) is 0 Å². The molecule has 0 saturated heterocycles. The fourth-order valence-corrected chi connectivity index (χ4v) is 5.38. The first-order chi connectivity index (χ1) is 8.83. The molecule has 2 aliphatic rings. The van der Waals surface area contributed by atoms with E-state index < -0.39 is 0 Å². The average molecular weight is 280 g/mol. The summed E-state index contributed by atoms with van der Waals surface area (Å²) in [5.41, 5.74) is 1.43. The average Bonchev–Trinajstić information content (AvgIpc) is 3.04. The third-order valence-electron chi connectivity index (χ3n) is 4.16. The van der Waals surface area contributed by atoms with Crippen molar-refractivity contribution >= 4 is 28.9 Å². The molecule has 1 saturated carbocycles. The molecule has 0 N–H and O–H groups in total. The second-order valence-corrected chi connectivity index (χ2v) is 7.72. The van der Waals surface area contributed by atoms with Crippen molar-refractivity contribution in [2.24, 2.45) is 5.92 Å². The normalized spacial score (nSPS) is 20.0. The molecule has 3 rings (SSSR count). The van der Waals surface area contributed by atoms with Crippen LogP contribution in [-0.2, 0) is 12.2 Å². The van der Waals surface area contributed by atoms with Crippen molar-refractivity contribution in [3.05, 3.63) is 21.4 Å². The van der Waals surface area contributed by atoms with Crippen LogP contribution in [0.2, 0.25) is 0 Å². The Balaban J connectivity index is 1.59. The Bertz CT molecular complexity index is 406. The minimum absolute atomic E-state index is 0.395. The number of fused-ring (bicyclic) bond motifs is 1. The molecular formula is C15H20OS2.